The largest absolute Gasteiger partial charge is 0.350 e. The van der Waals surface area contributed by atoms with Gasteiger partial charge in [-0.3, -0.25) is 9.69 Å². The molecule has 1 fully saturated rings. The molecule has 1 amide bonds. The molecule has 0 atom stereocenters. The van der Waals surface area contributed by atoms with Crippen LogP contribution >= 0.6 is 11.6 Å². The predicted molar refractivity (Wildman–Crippen MR) is 78.1 cm³/mol. The fraction of sp³-hybridized carbons (Fsp3) is 0.400. The summed E-state index contributed by atoms with van der Waals surface area (Å²) in [5, 5.41) is 3.73. The molecule has 0 bridgehead atoms. The molecule has 4 heteroatoms. The standard InChI is InChI=1S/C15H19ClN2O/c1-2-15(19)17-14-7-9-18(10-8-14)11-12-3-5-13(16)6-4-12/h2-6,14H,1,7-11H2,(H,17,19). The van der Waals surface area contributed by atoms with Crippen LogP contribution in [0.15, 0.2) is 36.9 Å². The van der Waals surface area contributed by atoms with E-state index in [0.29, 0.717) is 0 Å². The summed E-state index contributed by atoms with van der Waals surface area (Å²) in [6.45, 7) is 6.42. The van der Waals surface area contributed by atoms with Crippen LogP contribution in [0.2, 0.25) is 5.02 Å². The lowest BCUT2D eigenvalue weighted by Gasteiger charge is -2.32. The van der Waals surface area contributed by atoms with Gasteiger partial charge in [0.2, 0.25) is 5.91 Å². The van der Waals surface area contributed by atoms with Crippen LogP contribution in [0, 0.1) is 0 Å². The summed E-state index contributed by atoms with van der Waals surface area (Å²) in [6.07, 6.45) is 3.32. The van der Waals surface area contributed by atoms with Gasteiger partial charge in [0.05, 0.1) is 0 Å². The minimum Gasteiger partial charge on any atom is -0.350 e. The number of nitrogens with one attached hydrogen (secondary N) is 1. The molecule has 0 spiro atoms. The van der Waals surface area contributed by atoms with Crippen molar-refractivity contribution in [3.63, 3.8) is 0 Å². The molecule has 19 heavy (non-hydrogen) atoms. The van der Waals surface area contributed by atoms with Crippen molar-refractivity contribution >= 4 is 17.5 Å². The Balaban J connectivity index is 1.78. The molecule has 1 aromatic rings. The van der Waals surface area contributed by atoms with Crippen molar-refractivity contribution in [2.24, 2.45) is 0 Å². The lowest BCUT2D eigenvalue weighted by atomic mass is 10.0. The van der Waals surface area contributed by atoms with Crippen molar-refractivity contribution in [3.05, 3.63) is 47.5 Å². The fourth-order valence-electron chi connectivity index (χ4n) is 2.34. The zero-order chi connectivity index (χ0) is 13.7. The van der Waals surface area contributed by atoms with Crippen LogP contribution in [-0.2, 0) is 11.3 Å². The molecule has 1 saturated heterocycles. The summed E-state index contributed by atoms with van der Waals surface area (Å²) in [4.78, 5) is 13.6. The van der Waals surface area contributed by atoms with Crippen LogP contribution in [0.25, 0.3) is 0 Å². The molecule has 1 aliphatic heterocycles. The summed E-state index contributed by atoms with van der Waals surface area (Å²) >= 11 is 5.87. The van der Waals surface area contributed by atoms with Gasteiger partial charge in [0.25, 0.3) is 0 Å². The number of hydrogen-bond acceptors (Lipinski definition) is 2. The summed E-state index contributed by atoms with van der Waals surface area (Å²) < 4.78 is 0. The highest BCUT2D eigenvalue weighted by molar-refractivity contribution is 6.30. The molecular formula is C15H19ClN2O. The Kier molecular flexibility index (Phi) is 5.00. The zero-order valence-electron chi connectivity index (χ0n) is 10.9. The highest BCUT2D eigenvalue weighted by Crippen LogP contribution is 2.15. The van der Waals surface area contributed by atoms with Crippen molar-refractivity contribution in [1.82, 2.24) is 10.2 Å². The number of hydrogen-bond donors (Lipinski definition) is 1. The third-order valence-electron chi connectivity index (χ3n) is 3.44. The molecule has 1 N–H and O–H groups in total. The minimum absolute atomic E-state index is 0.0730. The highest BCUT2D eigenvalue weighted by Gasteiger charge is 2.19. The molecule has 1 aromatic carbocycles. The number of carbonyl (C=O) groups is 1. The Morgan fingerprint density at radius 1 is 1.37 bits per heavy atom. The van der Waals surface area contributed by atoms with E-state index >= 15 is 0 Å². The monoisotopic (exact) mass is 278 g/mol. The molecule has 0 aromatic heterocycles. The average molecular weight is 279 g/mol. The first kappa shape index (κ1) is 14.1. The third kappa shape index (κ3) is 4.37. The second-order valence-electron chi connectivity index (χ2n) is 4.89. The van der Waals surface area contributed by atoms with Crippen molar-refractivity contribution in [1.29, 1.82) is 0 Å². The lowest BCUT2D eigenvalue weighted by Crippen LogP contribution is -2.43. The quantitative estimate of drug-likeness (QED) is 0.859. The van der Waals surface area contributed by atoms with Crippen LogP contribution in [0.5, 0.6) is 0 Å². The summed E-state index contributed by atoms with van der Waals surface area (Å²) in [6, 6.07) is 8.26. The molecular weight excluding hydrogens is 260 g/mol. The Labute approximate surface area is 119 Å². The van der Waals surface area contributed by atoms with Gasteiger partial charge in [0.15, 0.2) is 0 Å². The van der Waals surface area contributed by atoms with Gasteiger partial charge in [-0.2, -0.15) is 0 Å². The van der Waals surface area contributed by atoms with E-state index in [2.05, 4.69) is 28.9 Å². The van der Waals surface area contributed by atoms with Crippen LogP contribution < -0.4 is 5.32 Å². The van der Waals surface area contributed by atoms with E-state index in [9.17, 15) is 4.79 Å². The second-order valence-corrected chi connectivity index (χ2v) is 5.33. The Morgan fingerprint density at radius 2 is 2.00 bits per heavy atom. The highest BCUT2D eigenvalue weighted by atomic mass is 35.5. The van der Waals surface area contributed by atoms with E-state index in [-0.39, 0.29) is 11.9 Å². The summed E-state index contributed by atoms with van der Waals surface area (Å²) in [5.41, 5.74) is 1.28. The van der Waals surface area contributed by atoms with E-state index in [1.807, 2.05) is 12.1 Å². The number of benzene rings is 1. The van der Waals surface area contributed by atoms with Gasteiger partial charge in [-0.1, -0.05) is 30.3 Å². The molecule has 0 saturated carbocycles. The molecule has 0 aliphatic carbocycles. The first-order valence-corrected chi connectivity index (χ1v) is 6.95. The van der Waals surface area contributed by atoms with E-state index in [1.165, 1.54) is 11.6 Å². The van der Waals surface area contributed by atoms with E-state index in [4.69, 9.17) is 11.6 Å². The van der Waals surface area contributed by atoms with Gasteiger partial charge in [-0.05, 0) is 36.6 Å². The average Bonchev–Trinajstić information content (AvgIpc) is 2.43. The topological polar surface area (TPSA) is 32.3 Å². The fourth-order valence-corrected chi connectivity index (χ4v) is 2.47. The van der Waals surface area contributed by atoms with Crippen LogP contribution in [0.3, 0.4) is 0 Å². The normalized spacial score (nSPS) is 17.1. The molecule has 0 unspecified atom stereocenters. The first-order valence-electron chi connectivity index (χ1n) is 6.57. The maximum absolute atomic E-state index is 11.2. The van der Waals surface area contributed by atoms with Crippen LogP contribution in [0.4, 0.5) is 0 Å². The smallest absolute Gasteiger partial charge is 0.243 e. The lowest BCUT2D eigenvalue weighted by molar-refractivity contribution is -0.117. The maximum Gasteiger partial charge on any atom is 0.243 e. The van der Waals surface area contributed by atoms with Gasteiger partial charge in [-0.25, -0.2) is 0 Å². The number of carbonyl (C=O) groups excluding carboxylic acids is 1. The number of nitrogens with zero attached hydrogens (tertiary/aromatic N) is 1. The molecule has 2 rings (SSSR count). The van der Waals surface area contributed by atoms with Crippen molar-refractivity contribution < 1.29 is 4.79 Å². The minimum atomic E-state index is -0.0730. The molecule has 1 aliphatic rings. The Bertz CT molecular complexity index is 436. The predicted octanol–water partition coefficient (Wildman–Crippen LogP) is 2.61. The van der Waals surface area contributed by atoms with Gasteiger partial charge in [0, 0.05) is 30.7 Å². The number of piperidine rings is 1. The molecule has 0 radical (unpaired) electrons. The number of halogens is 1. The van der Waals surface area contributed by atoms with Crippen molar-refractivity contribution in [2.75, 3.05) is 13.1 Å². The van der Waals surface area contributed by atoms with E-state index in [1.54, 1.807) is 0 Å². The van der Waals surface area contributed by atoms with Crippen LogP contribution in [0.1, 0.15) is 18.4 Å². The number of rotatable bonds is 4. The molecule has 3 nitrogen and oxygen atoms in total. The van der Waals surface area contributed by atoms with Gasteiger partial charge < -0.3 is 5.32 Å². The summed E-state index contributed by atoms with van der Waals surface area (Å²) in [5.74, 6) is -0.0730. The molecule has 1 heterocycles. The van der Waals surface area contributed by atoms with E-state index < -0.39 is 0 Å². The maximum atomic E-state index is 11.2. The van der Waals surface area contributed by atoms with Crippen molar-refractivity contribution in [2.45, 2.75) is 25.4 Å². The Morgan fingerprint density at radius 3 is 2.58 bits per heavy atom. The number of likely N-dealkylation sites (tertiary alicyclic amines) is 1. The van der Waals surface area contributed by atoms with Crippen LogP contribution in [-0.4, -0.2) is 29.9 Å². The zero-order valence-corrected chi connectivity index (χ0v) is 11.7. The van der Waals surface area contributed by atoms with Crippen molar-refractivity contribution in [3.8, 4) is 0 Å². The summed E-state index contributed by atoms with van der Waals surface area (Å²) in [7, 11) is 0. The Hall–Kier alpha value is -1.32. The van der Waals surface area contributed by atoms with Gasteiger partial charge in [-0.15, -0.1) is 0 Å². The number of amides is 1. The van der Waals surface area contributed by atoms with E-state index in [0.717, 1.165) is 37.5 Å². The second kappa shape index (κ2) is 6.73. The van der Waals surface area contributed by atoms with Gasteiger partial charge in [0.1, 0.15) is 0 Å². The first-order chi connectivity index (χ1) is 9.17. The third-order valence-corrected chi connectivity index (χ3v) is 3.69. The SMILES string of the molecule is C=CC(=O)NC1CCN(Cc2ccc(Cl)cc2)CC1. The van der Waals surface area contributed by atoms with Gasteiger partial charge >= 0.3 is 0 Å². The molecule has 102 valence electrons.